The van der Waals surface area contributed by atoms with E-state index in [1.165, 1.54) is 5.69 Å². The van der Waals surface area contributed by atoms with Crippen molar-refractivity contribution in [1.29, 1.82) is 0 Å². The molecule has 0 aliphatic carbocycles. The number of aromatic nitrogens is 2. The van der Waals surface area contributed by atoms with Crippen LogP contribution in [0.25, 0.3) is 0 Å². The minimum Gasteiger partial charge on any atom is -0.388 e. The molecule has 0 fully saturated rings. The average Bonchev–Trinajstić information content (AvgIpc) is 2.88. The maximum atomic E-state index is 10.2. The third-order valence-corrected chi connectivity index (χ3v) is 3.43. The smallest absolute Gasteiger partial charge is 0.0793 e. The first-order chi connectivity index (χ1) is 9.24. The van der Waals surface area contributed by atoms with Crippen LogP contribution in [0, 0.1) is 0 Å². The van der Waals surface area contributed by atoms with Crippen molar-refractivity contribution in [3.05, 3.63) is 53.3 Å². The minimum absolute atomic E-state index is 0.397. The van der Waals surface area contributed by atoms with E-state index < -0.39 is 6.10 Å². The molecular formula is C16H22N2O. The predicted molar refractivity (Wildman–Crippen MR) is 77.0 cm³/mol. The first-order valence-corrected chi connectivity index (χ1v) is 7.03. The van der Waals surface area contributed by atoms with Crippen molar-refractivity contribution >= 4 is 0 Å². The van der Waals surface area contributed by atoms with Crippen LogP contribution in [0.15, 0.2) is 36.4 Å². The van der Waals surface area contributed by atoms with Gasteiger partial charge in [0, 0.05) is 12.2 Å². The van der Waals surface area contributed by atoms with Gasteiger partial charge in [-0.2, -0.15) is 5.10 Å². The highest BCUT2D eigenvalue weighted by Crippen LogP contribution is 2.19. The van der Waals surface area contributed by atoms with Gasteiger partial charge in [0.25, 0.3) is 0 Å². The molecule has 0 saturated carbocycles. The van der Waals surface area contributed by atoms with E-state index in [2.05, 4.69) is 25.0 Å². The van der Waals surface area contributed by atoms with Crippen molar-refractivity contribution in [3.8, 4) is 0 Å². The van der Waals surface area contributed by atoms with Gasteiger partial charge in [-0.25, -0.2) is 0 Å². The first-order valence-electron chi connectivity index (χ1n) is 7.03. The van der Waals surface area contributed by atoms with Crippen LogP contribution in [0.3, 0.4) is 0 Å². The third kappa shape index (κ3) is 3.44. The molecule has 1 N–H and O–H groups in total. The minimum atomic E-state index is -0.397. The molecule has 1 atom stereocenters. The molecule has 1 aromatic carbocycles. The number of hydrogen-bond acceptors (Lipinski definition) is 2. The van der Waals surface area contributed by atoms with Crippen LogP contribution in [-0.4, -0.2) is 14.9 Å². The number of nitrogens with zero attached hydrogens (tertiary/aromatic N) is 2. The van der Waals surface area contributed by atoms with Gasteiger partial charge in [-0.1, -0.05) is 37.3 Å². The summed E-state index contributed by atoms with van der Waals surface area (Å²) in [5, 5.41) is 14.7. The maximum absolute atomic E-state index is 10.2. The second-order valence-corrected chi connectivity index (χ2v) is 4.76. The lowest BCUT2D eigenvalue weighted by molar-refractivity contribution is 0.167. The number of aryl methyl sites for hydroxylation is 3. The molecule has 2 rings (SSSR count). The summed E-state index contributed by atoms with van der Waals surface area (Å²) in [7, 11) is 0. The van der Waals surface area contributed by atoms with E-state index in [4.69, 9.17) is 0 Å². The normalized spacial score (nSPS) is 12.6. The molecule has 1 unspecified atom stereocenters. The lowest BCUT2D eigenvalue weighted by Gasteiger charge is -2.11. The Morgan fingerprint density at radius 3 is 2.58 bits per heavy atom. The maximum Gasteiger partial charge on any atom is 0.0793 e. The Kier molecular flexibility index (Phi) is 4.74. The summed E-state index contributed by atoms with van der Waals surface area (Å²) < 4.78 is 2.04. The Hall–Kier alpha value is -1.61. The van der Waals surface area contributed by atoms with Crippen molar-refractivity contribution in [3.63, 3.8) is 0 Å². The van der Waals surface area contributed by atoms with E-state index in [0.717, 1.165) is 37.1 Å². The summed E-state index contributed by atoms with van der Waals surface area (Å²) in [6.07, 6.45) is 2.16. The molecule has 1 heterocycles. The fourth-order valence-corrected chi connectivity index (χ4v) is 2.29. The lowest BCUT2D eigenvalue weighted by Crippen LogP contribution is -2.05. The Morgan fingerprint density at radius 1 is 1.21 bits per heavy atom. The molecule has 0 amide bonds. The standard InChI is InChI=1S/C16H22N2O/c1-3-14-12-15(18(4-2)17-14)10-11-16(19)13-8-6-5-7-9-13/h5-9,12,16,19H,3-4,10-11H2,1-2H3. The summed E-state index contributed by atoms with van der Waals surface area (Å²) in [6, 6.07) is 12.0. The van der Waals surface area contributed by atoms with Gasteiger partial charge in [0.15, 0.2) is 0 Å². The largest absolute Gasteiger partial charge is 0.388 e. The number of aliphatic hydroxyl groups excluding tert-OH is 1. The second-order valence-electron chi connectivity index (χ2n) is 4.76. The molecule has 2 aromatic rings. The van der Waals surface area contributed by atoms with Crippen molar-refractivity contribution < 1.29 is 5.11 Å². The topological polar surface area (TPSA) is 38.0 Å². The zero-order chi connectivity index (χ0) is 13.7. The van der Waals surface area contributed by atoms with Crippen LogP contribution >= 0.6 is 0 Å². The summed E-state index contributed by atoms with van der Waals surface area (Å²) in [5.41, 5.74) is 3.33. The predicted octanol–water partition coefficient (Wildman–Crippen LogP) is 3.13. The van der Waals surface area contributed by atoms with Crippen LogP contribution in [0.4, 0.5) is 0 Å². The van der Waals surface area contributed by atoms with Gasteiger partial charge < -0.3 is 5.11 Å². The van der Waals surface area contributed by atoms with Gasteiger partial charge >= 0.3 is 0 Å². The van der Waals surface area contributed by atoms with Crippen molar-refractivity contribution in [2.75, 3.05) is 0 Å². The second kappa shape index (κ2) is 6.53. The molecule has 0 saturated heterocycles. The molecule has 102 valence electrons. The van der Waals surface area contributed by atoms with Gasteiger partial charge in [0.2, 0.25) is 0 Å². The Balaban J connectivity index is 2.00. The molecule has 0 radical (unpaired) electrons. The van der Waals surface area contributed by atoms with Gasteiger partial charge in [-0.15, -0.1) is 0 Å². The Labute approximate surface area is 114 Å². The highest BCUT2D eigenvalue weighted by molar-refractivity contribution is 5.18. The van der Waals surface area contributed by atoms with E-state index in [1.54, 1.807) is 0 Å². The van der Waals surface area contributed by atoms with Gasteiger partial charge in [-0.05, 0) is 37.8 Å². The van der Waals surface area contributed by atoms with Crippen LogP contribution < -0.4 is 0 Å². The summed E-state index contributed by atoms with van der Waals surface area (Å²) in [4.78, 5) is 0. The van der Waals surface area contributed by atoms with Crippen LogP contribution in [0.1, 0.15) is 43.3 Å². The Morgan fingerprint density at radius 2 is 1.95 bits per heavy atom. The molecule has 3 heteroatoms. The molecule has 0 aliphatic heterocycles. The molecule has 0 bridgehead atoms. The number of hydrogen-bond donors (Lipinski definition) is 1. The molecule has 0 aliphatic rings. The fourth-order valence-electron chi connectivity index (χ4n) is 2.29. The quantitative estimate of drug-likeness (QED) is 0.864. The van der Waals surface area contributed by atoms with Crippen LogP contribution in [0.5, 0.6) is 0 Å². The zero-order valence-corrected chi connectivity index (χ0v) is 11.7. The van der Waals surface area contributed by atoms with Crippen molar-refractivity contribution in [2.24, 2.45) is 0 Å². The van der Waals surface area contributed by atoms with Crippen molar-refractivity contribution in [1.82, 2.24) is 9.78 Å². The third-order valence-electron chi connectivity index (χ3n) is 3.43. The van der Waals surface area contributed by atoms with Crippen molar-refractivity contribution in [2.45, 2.75) is 45.8 Å². The molecule has 0 spiro atoms. The van der Waals surface area contributed by atoms with E-state index in [0.29, 0.717) is 0 Å². The van der Waals surface area contributed by atoms with Gasteiger partial charge in [-0.3, -0.25) is 4.68 Å². The highest BCUT2D eigenvalue weighted by Gasteiger charge is 2.10. The molecule has 19 heavy (non-hydrogen) atoms. The Bertz CT molecular complexity index is 505. The van der Waals surface area contributed by atoms with E-state index in [-0.39, 0.29) is 0 Å². The monoisotopic (exact) mass is 258 g/mol. The average molecular weight is 258 g/mol. The van der Waals surface area contributed by atoms with E-state index >= 15 is 0 Å². The lowest BCUT2D eigenvalue weighted by atomic mass is 10.0. The van der Waals surface area contributed by atoms with Gasteiger partial charge in [0.1, 0.15) is 0 Å². The summed E-state index contributed by atoms with van der Waals surface area (Å²) in [6.45, 7) is 5.10. The number of rotatable bonds is 6. The van der Waals surface area contributed by atoms with Crippen LogP contribution in [0.2, 0.25) is 0 Å². The highest BCUT2D eigenvalue weighted by atomic mass is 16.3. The summed E-state index contributed by atoms with van der Waals surface area (Å²) in [5.74, 6) is 0. The fraction of sp³-hybridized carbons (Fsp3) is 0.438. The number of aliphatic hydroxyl groups is 1. The SMILES string of the molecule is CCc1cc(CCC(O)c2ccccc2)n(CC)n1. The van der Waals surface area contributed by atoms with Gasteiger partial charge in [0.05, 0.1) is 11.8 Å². The summed E-state index contributed by atoms with van der Waals surface area (Å²) >= 11 is 0. The molecular weight excluding hydrogens is 236 g/mol. The van der Waals surface area contributed by atoms with Crippen LogP contribution in [-0.2, 0) is 19.4 Å². The molecule has 3 nitrogen and oxygen atoms in total. The van der Waals surface area contributed by atoms with E-state index in [9.17, 15) is 5.11 Å². The zero-order valence-electron chi connectivity index (χ0n) is 11.7. The number of benzene rings is 1. The van der Waals surface area contributed by atoms with E-state index in [1.807, 2.05) is 35.0 Å². The molecule has 1 aromatic heterocycles. The first kappa shape index (κ1) is 13.8.